The van der Waals surface area contributed by atoms with Crippen LogP contribution in [0.1, 0.15) is 75.8 Å². The second-order valence-electron chi connectivity index (χ2n) is 12.1. The Hall–Kier alpha value is -3.79. The van der Waals surface area contributed by atoms with Gasteiger partial charge in [-0.2, -0.15) is 0 Å². The van der Waals surface area contributed by atoms with E-state index in [1.54, 1.807) is 24.3 Å². The summed E-state index contributed by atoms with van der Waals surface area (Å²) in [5, 5.41) is 10.1. The zero-order valence-corrected chi connectivity index (χ0v) is 25.2. The smallest absolute Gasteiger partial charge is 0.335 e. The molecule has 0 radical (unpaired) electrons. The maximum Gasteiger partial charge on any atom is 0.335 e. The van der Waals surface area contributed by atoms with Crippen molar-refractivity contribution in [2.75, 3.05) is 19.7 Å². The molecule has 0 unspecified atom stereocenters. The van der Waals surface area contributed by atoms with Crippen LogP contribution in [0.3, 0.4) is 0 Å². The summed E-state index contributed by atoms with van der Waals surface area (Å²) in [6.07, 6.45) is 5.01. The topological polar surface area (TPSA) is 107 Å². The summed E-state index contributed by atoms with van der Waals surface area (Å²) in [6, 6.07) is 16.5. The predicted octanol–water partition coefficient (Wildman–Crippen LogP) is 6.12. The van der Waals surface area contributed by atoms with Crippen LogP contribution < -0.4 is 4.74 Å². The summed E-state index contributed by atoms with van der Waals surface area (Å²) >= 11 is 6.48. The molecule has 3 fully saturated rings. The van der Waals surface area contributed by atoms with Crippen LogP contribution in [0.2, 0.25) is 5.02 Å². The third kappa shape index (κ3) is 6.22. The SMILES string of the molecule is O=C(O)c1ccc2nc(CN3CCC(c4cccc(OCc5ccc(C(=O)C6CC6)cc5Cl)n4)CC3)n(C[C@@H]3CCO3)c2c1. The molecule has 9 nitrogen and oxygen atoms in total. The van der Waals surface area contributed by atoms with Crippen molar-refractivity contribution in [3.63, 3.8) is 0 Å². The number of Topliss-reactive ketones (excluding diaryl/α,β-unsaturated/α-hetero) is 1. The molecular weight excluding hydrogens is 580 g/mol. The molecule has 1 atom stereocenters. The monoisotopic (exact) mass is 614 g/mol. The molecule has 7 rings (SSSR count). The van der Waals surface area contributed by atoms with Crippen molar-refractivity contribution in [3.8, 4) is 5.88 Å². The standard InChI is InChI=1S/C34H35ClN4O5/c35-27-16-23(33(40)22-4-5-22)6-7-25(27)20-44-32-3-1-2-28(37-32)21-10-13-38(14-11-21)19-31-36-29-9-8-24(34(41)42)17-30(29)39(31)18-26-12-15-43-26/h1-3,6-9,16-17,21-22,26H,4-5,10-15,18-20H2,(H,41,42)/t26-/m0/s1. The van der Waals surface area contributed by atoms with Crippen molar-refractivity contribution in [1.29, 1.82) is 0 Å². The number of piperidine rings is 1. The lowest BCUT2D eigenvalue weighted by molar-refractivity contribution is -0.0592. The number of carboxylic acids is 1. The van der Waals surface area contributed by atoms with Crippen molar-refractivity contribution in [2.45, 2.75) is 63.8 Å². The summed E-state index contributed by atoms with van der Waals surface area (Å²) in [5.41, 5.74) is 4.44. The average molecular weight is 615 g/mol. The number of carbonyl (C=O) groups is 2. The van der Waals surface area contributed by atoms with Gasteiger partial charge in [0, 0.05) is 46.4 Å². The van der Waals surface area contributed by atoms with Crippen LogP contribution in [-0.4, -0.2) is 62.1 Å². The Morgan fingerprint density at radius 3 is 2.48 bits per heavy atom. The second-order valence-corrected chi connectivity index (χ2v) is 12.5. The maximum atomic E-state index is 12.4. The number of hydrogen-bond acceptors (Lipinski definition) is 7. The first-order valence-corrected chi connectivity index (χ1v) is 15.8. The number of nitrogens with zero attached hydrogens (tertiary/aromatic N) is 4. The Morgan fingerprint density at radius 2 is 1.77 bits per heavy atom. The fourth-order valence-electron chi connectivity index (χ4n) is 6.14. The first-order valence-electron chi connectivity index (χ1n) is 15.4. The maximum absolute atomic E-state index is 12.4. The lowest BCUT2D eigenvalue weighted by atomic mass is 9.93. The van der Waals surface area contributed by atoms with E-state index in [9.17, 15) is 14.7 Å². The number of carbonyl (C=O) groups excluding carboxylic acids is 1. The normalized spacial score (nSPS) is 19.2. The highest BCUT2D eigenvalue weighted by atomic mass is 35.5. The van der Waals surface area contributed by atoms with E-state index in [-0.39, 0.29) is 30.0 Å². The minimum Gasteiger partial charge on any atom is -0.478 e. The van der Waals surface area contributed by atoms with E-state index < -0.39 is 5.97 Å². The summed E-state index contributed by atoms with van der Waals surface area (Å²) in [7, 11) is 0. The van der Waals surface area contributed by atoms with Crippen molar-refractivity contribution < 1.29 is 24.2 Å². The molecule has 0 bridgehead atoms. The number of ketones is 1. The number of benzene rings is 2. The largest absolute Gasteiger partial charge is 0.478 e. The van der Waals surface area contributed by atoms with Gasteiger partial charge < -0.3 is 19.1 Å². The Balaban J connectivity index is 0.979. The molecule has 3 aliphatic rings. The highest BCUT2D eigenvalue weighted by Gasteiger charge is 2.31. The number of pyridine rings is 1. The molecule has 4 aromatic rings. The van der Waals surface area contributed by atoms with Gasteiger partial charge in [0.15, 0.2) is 5.78 Å². The minimum absolute atomic E-state index is 0.137. The number of hydrogen-bond donors (Lipinski definition) is 1. The fourth-order valence-corrected chi connectivity index (χ4v) is 6.37. The van der Waals surface area contributed by atoms with Crippen molar-refractivity contribution in [1.82, 2.24) is 19.4 Å². The molecule has 1 saturated carbocycles. The summed E-state index contributed by atoms with van der Waals surface area (Å²) in [4.78, 5) is 36.1. The number of ether oxygens (including phenoxy) is 2. The molecule has 10 heteroatoms. The van der Waals surface area contributed by atoms with Crippen LogP contribution in [0.5, 0.6) is 5.88 Å². The zero-order chi connectivity index (χ0) is 30.2. The number of imidazole rings is 1. The molecule has 1 N–H and O–H groups in total. The van der Waals surface area contributed by atoms with Crippen LogP contribution >= 0.6 is 11.6 Å². The highest BCUT2D eigenvalue weighted by Crippen LogP contribution is 2.34. The van der Waals surface area contributed by atoms with Crippen LogP contribution in [0.4, 0.5) is 0 Å². The van der Waals surface area contributed by atoms with Crippen molar-refractivity contribution >= 4 is 34.4 Å². The highest BCUT2D eigenvalue weighted by molar-refractivity contribution is 6.31. The van der Waals surface area contributed by atoms with E-state index in [0.29, 0.717) is 35.5 Å². The molecule has 0 spiro atoms. The van der Waals surface area contributed by atoms with Gasteiger partial charge in [-0.3, -0.25) is 9.69 Å². The molecule has 0 amide bonds. The van der Waals surface area contributed by atoms with Gasteiger partial charge >= 0.3 is 5.97 Å². The number of rotatable bonds is 11. The molecule has 228 valence electrons. The molecular formula is C34H35ClN4O5. The Kier molecular flexibility index (Phi) is 8.10. The van der Waals surface area contributed by atoms with Gasteiger partial charge in [0.1, 0.15) is 12.4 Å². The van der Waals surface area contributed by atoms with E-state index in [2.05, 4.69) is 15.5 Å². The van der Waals surface area contributed by atoms with E-state index in [4.69, 9.17) is 31.0 Å². The molecule has 2 saturated heterocycles. The van der Waals surface area contributed by atoms with Gasteiger partial charge in [0.2, 0.25) is 5.88 Å². The Morgan fingerprint density at radius 1 is 0.977 bits per heavy atom. The number of fused-ring (bicyclic) bond motifs is 1. The Bertz CT molecular complexity index is 1710. The molecule has 44 heavy (non-hydrogen) atoms. The molecule has 1 aliphatic carbocycles. The van der Waals surface area contributed by atoms with Crippen molar-refractivity contribution in [2.24, 2.45) is 5.92 Å². The van der Waals surface area contributed by atoms with Crippen LogP contribution in [-0.2, 0) is 24.4 Å². The quantitative estimate of drug-likeness (QED) is 0.201. The number of likely N-dealkylation sites (tertiary alicyclic amines) is 1. The van der Waals surface area contributed by atoms with E-state index in [1.807, 2.05) is 24.3 Å². The summed E-state index contributed by atoms with van der Waals surface area (Å²) < 4.78 is 13.9. The van der Waals surface area contributed by atoms with Gasteiger partial charge in [-0.25, -0.2) is 14.8 Å². The molecule has 2 aromatic carbocycles. The Labute approximate surface area is 260 Å². The van der Waals surface area contributed by atoms with E-state index in [1.165, 1.54) is 0 Å². The van der Waals surface area contributed by atoms with Gasteiger partial charge in [-0.1, -0.05) is 29.8 Å². The van der Waals surface area contributed by atoms with E-state index in [0.717, 1.165) is 79.9 Å². The lowest BCUT2D eigenvalue weighted by Crippen LogP contribution is -2.35. The third-order valence-electron chi connectivity index (χ3n) is 9.03. The molecule has 2 aliphatic heterocycles. The predicted molar refractivity (Wildman–Crippen MR) is 165 cm³/mol. The second kappa shape index (κ2) is 12.3. The number of aromatic nitrogens is 3. The summed E-state index contributed by atoms with van der Waals surface area (Å²) in [6.45, 7) is 4.23. The number of halogens is 1. The molecule has 4 heterocycles. The van der Waals surface area contributed by atoms with Gasteiger partial charge in [0.05, 0.1) is 35.8 Å². The van der Waals surface area contributed by atoms with Gasteiger partial charge in [-0.05, 0) is 75.5 Å². The third-order valence-corrected chi connectivity index (χ3v) is 9.38. The van der Waals surface area contributed by atoms with Crippen LogP contribution in [0.25, 0.3) is 11.0 Å². The van der Waals surface area contributed by atoms with Crippen molar-refractivity contribution in [3.05, 3.63) is 87.8 Å². The molecule has 2 aromatic heterocycles. The zero-order valence-electron chi connectivity index (χ0n) is 24.5. The van der Waals surface area contributed by atoms with Crippen LogP contribution in [0, 0.1) is 5.92 Å². The van der Waals surface area contributed by atoms with Gasteiger partial charge in [-0.15, -0.1) is 0 Å². The lowest BCUT2D eigenvalue weighted by Gasteiger charge is -2.32. The fraction of sp³-hybridized carbons (Fsp3) is 0.412. The van der Waals surface area contributed by atoms with Crippen LogP contribution in [0.15, 0.2) is 54.6 Å². The number of aromatic carboxylic acids is 1. The minimum atomic E-state index is -0.939. The first-order chi connectivity index (χ1) is 21.4. The average Bonchev–Trinajstić information content (AvgIpc) is 3.81. The van der Waals surface area contributed by atoms with Gasteiger partial charge in [0.25, 0.3) is 0 Å². The number of carboxylic acid groups (broad SMARTS) is 1. The first kappa shape index (κ1) is 29.0. The van der Waals surface area contributed by atoms with E-state index >= 15 is 0 Å². The summed E-state index contributed by atoms with van der Waals surface area (Å²) in [5.74, 6) is 1.23.